The highest BCUT2D eigenvalue weighted by Gasteiger charge is 2.42. The fraction of sp³-hybridized carbons (Fsp3) is 0.238. The first-order chi connectivity index (χ1) is 13.1. The predicted molar refractivity (Wildman–Crippen MR) is 106 cm³/mol. The van der Waals surface area contributed by atoms with Crippen molar-refractivity contribution in [1.82, 2.24) is 9.80 Å². The molecule has 0 aliphatic carbocycles. The number of imide groups is 1. The molecule has 138 valence electrons. The summed E-state index contributed by atoms with van der Waals surface area (Å²) in [7, 11) is 0. The monoisotopic (exact) mass is 400 g/mol. The van der Waals surface area contributed by atoms with Crippen LogP contribution in [0.5, 0.6) is 0 Å². The first-order valence-corrected chi connectivity index (χ1v) is 9.66. The second-order valence-corrected chi connectivity index (χ2v) is 7.56. The smallest absolute Gasteiger partial charge is 0.278 e. The first kappa shape index (κ1) is 18.1. The minimum atomic E-state index is -0.288. The maximum Gasteiger partial charge on any atom is 0.278 e. The molecule has 0 N–H and O–H groups in total. The summed E-state index contributed by atoms with van der Waals surface area (Å²) in [6.07, 6.45) is 2.03. The number of rotatable bonds is 4. The summed E-state index contributed by atoms with van der Waals surface area (Å²) in [5, 5.41) is 1.13. The molecule has 0 saturated carbocycles. The van der Waals surface area contributed by atoms with Crippen LogP contribution in [0.4, 0.5) is 0 Å². The van der Waals surface area contributed by atoms with E-state index in [1.54, 1.807) is 30.3 Å². The van der Waals surface area contributed by atoms with Crippen molar-refractivity contribution in [3.8, 4) is 0 Å². The van der Waals surface area contributed by atoms with Crippen LogP contribution in [0, 0.1) is 0 Å². The standard InChI is InChI=1S/C21H18Cl2N2O2/c22-16-9-7-14(8-10-16)18-19(24-11-3-4-12-24)21(27)25(20(18)26)13-15-5-1-2-6-17(15)23/h1-2,5-10H,3-4,11-13H2. The number of benzene rings is 2. The number of carbonyl (C=O) groups excluding carboxylic acids is 2. The minimum absolute atomic E-state index is 0.159. The van der Waals surface area contributed by atoms with E-state index < -0.39 is 0 Å². The van der Waals surface area contributed by atoms with E-state index in [1.807, 2.05) is 23.1 Å². The van der Waals surface area contributed by atoms with Crippen LogP contribution in [0.25, 0.3) is 5.57 Å². The Morgan fingerprint density at radius 2 is 1.52 bits per heavy atom. The summed E-state index contributed by atoms with van der Waals surface area (Å²) in [5.74, 6) is -0.545. The molecule has 0 atom stereocenters. The average Bonchev–Trinajstić information content (AvgIpc) is 3.26. The Kier molecular flexibility index (Phi) is 4.94. The van der Waals surface area contributed by atoms with Gasteiger partial charge in [0.05, 0.1) is 12.1 Å². The van der Waals surface area contributed by atoms with E-state index in [0.717, 1.165) is 31.5 Å². The quantitative estimate of drug-likeness (QED) is 0.715. The number of likely N-dealkylation sites (tertiary alicyclic amines) is 1. The molecule has 4 rings (SSSR count). The number of amides is 2. The number of carbonyl (C=O) groups is 2. The zero-order chi connectivity index (χ0) is 19.0. The molecule has 2 heterocycles. The highest BCUT2D eigenvalue weighted by Crippen LogP contribution is 2.35. The molecule has 2 amide bonds. The molecule has 27 heavy (non-hydrogen) atoms. The van der Waals surface area contributed by atoms with Gasteiger partial charge in [0.25, 0.3) is 11.8 Å². The van der Waals surface area contributed by atoms with Crippen molar-refractivity contribution in [2.45, 2.75) is 19.4 Å². The van der Waals surface area contributed by atoms with Gasteiger partial charge in [-0.3, -0.25) is 14.5 Å². The lowest BCUT2D eigenvalue weighted by atomic mass is 10.0. The van der Waals surface area contributed by atoms with Gasteiger partial charge in [-0.15, -0.1) is 0 Å². The Morgan fingerprint density at radius 3 is 2.19 bits per heavy atom. The van der Waals surface area contributed by atoms with Crippen LogP contribution in [0.1, 0.15) is 24.0 Å². The van der Waals surface area contributed by atoms with Gasteiger partial charge in [-0.25, -0.2) is 0 Å². The molecule has 0 bridgehead atoms. The third-order valence-electron chi connectivity index (χ3n) is 4.99. The summed E-state index contributed by atoms with van der Waals surface area (Å²) in [6.45, 7) is 1.72. The normalized spacial score (nSPS) is 17.4. The molecule has 6 heteroatoms. The number of hydrogen-bond acceptors (Lipinski definition) is 3. The van der Waals surface area contributed by atoms with Crippen LogP contribution in [0.2, 0.25) is 10.0 Å². The lowest BCUT2D eigenvalue weighted by molar-refractivity contribution is -0.138. The van der Waals surface area contributed by atoms with Gasteiger partial charge in [-0.05, 0) is 42.2 Å². The average molecular weight is 401 g/mol. The maximum atomic E-state index is 13.2. The number of hydrogen-bond donors (Lipinski definition) is 0. The summed E-state index contributed by atoms with van der Waals surface area (Å²) in [4.78, 5) is 29.7. The highest BCUT2D eigenvalue weighted by molar-refractivity contribution is 6.36. The van der Waals surface area contributed by atoms with Crippen molar-refractivity contribution in [1.29, 1.82) is 0 Å². The molecule has 1 saturated heterocycles. The van der Waals surface area contributed by atoms with Crippen LogP contribution in [-0.2, 0) is 16.1 Å². The van der Waals surface area contributed by atoms with Gasteiger partial charge >= 0.3 is 0 Å². The highest BCUT2D eigenvalue weighted by atomic mass is 35.5. The summed E-state index contributed by atoms with van der Waals surface area (Å²) in [5.41, 5.74) is 2.40. The number of halogens is 2. The van der Waals surface area contributed by atoms with Gasteiger partial charge < -0.3 is 4.90 Å². The lowest BCUT2D eigenvalue weighted by Gasteiger charge is -2.20. The van der Waals surface area contributed by atoms with Crippen molar-refractivity contribution in [3.05, 3.63) is 75.4 Å². The lowest BCUT2D eigenvalue weighted by Crippen LogP contribution is -2.34. The van der Waals surface area contributed by atoms with Crippen LogP contribution in [0.3, 0.4) is 0 Å². The van der Waals surface area contributed by atoms with Gasteiger partial charge in [0.2, 0.25) is 0 Å². The summed E-state index contributed by atoms with van der Waals surface area (Å²) in [6, 6.07) is 14.3. The largest absolute Gasteiger partial charge is 0.366 e. The zero-order valence-electron chi connectivity index (χ0n) is 14.6. The van der Waals surface area contributed by atoms with Gasteiger partial charge in [0, 0.05) is 23.1 Å². The van der Waals surface area contributed by atoms with Crippen molar-refractivity contribution >= 4 is 40.6 Å². The van der Waals surface area contributed by atoms with Gasteiger partial charge in [0.1, 0.15) is 5.70 Å². The topological polar surface area (TPSA) is 40.6 Å². The first-order valence-electron chi connectivity index (χ1n) is 8.91. The van der Waals surface area contributed by atoms with Crippen LogP contribution in [0.15, 0.2) is 54.2 Å². The van der Waals surface area contributed by atoms with Crippen LogP contribution in [-0.4, -0.2) is 34.7 Å². The summed E-state index contributed by atoms with van der Waals surface area (Å²) >= 11 is 12.2. The van der Waals surface area contributed by atoms with Gasteiger partial charge in [0.15, 0.2) is 0 Å². The van der Waals surface area contributed by atoms with Crippen molar-refractivity contribution in [3.63, 3.8) is 0 Å². The van der Waals surface area contributed by atoms with E-state index in [-0.39, 0.29) is 18.4 Å². The van der Waals surface area contributed by atoms with Crippen LogP contribution >= 0.6 is 23.2 Å². The Morgan fingerprint density at radius 1 is 0.852 bits per heavy atom. The van der Waals surface area contributed by atoms with Crippen LogP contribution < -0.4 is 0 Å². The predicted octanol–water partition coefficient (Wildman–Crippen LogP) is 4.37. The SMILES string of the molecule is O=C1C(c2ccc(Cl)cc2)=C(N2CCCC2)C(=O)N1Cc1ccccc1Cl. The molecule has 0 unspecified atom stereocenters. The Balaban J connectivity index is 1.75. The van der Waals surface area contributed by atoms with Crippen molar-refractivity contribution in [2.75, 3.05) is 13.1 Å². The van der Waals surface area contributed by atoms with Gasteiger partial charge in [-0.1, -0.05) is 53.5 Å². The van der Waals surface area contributed by atoms with E-state index in [2.05, 4.69) is 0 Å². The fourth-order valence-electron chi connectivity index (χ4n) is 3.61. The van der Waals surface area contributed by atoms with Crippen molar-refractivity contribution < 1.29 is 9.59 Å². The molecular weight excluding hydrogens is 383 g/mol. The maximum absolute atomic E-state index is 13.2. The van der Waals surface area contributed by atoms with Crippen molar-refractivity contribution in [2.24, 2.45) is 0 Å². The van der Waals surface area contributed by atoms with Gasteiger partial charge in [-0.2, -0.15) is 0 Å². The molecule has 2 aromatic carbocycles. The molecule has 1 fully saturated rings. The third-order valence-corrected chi connectivity index (χ3v) is 5.61. The molecule has 2 aliphatic heterocycles. The van der Waals surface area contributed by atoms with E-state index >= 15 is 0 Å². The second-order valence-electron chi connectivity index (χ2n) is 6.71. The summed E-state index contributed by atoms with van der Waals surface area (Å²) < 4.78 is 0. The Labute approximate surface area is 168 Å². The van der Waals surface area contributed by atoms with E-state index in [9.17, 15) is 9.59 Å². The Bertz CT molecular complexity index is 931. The molecular formula is C21H18Cl2N2O2. The molecule has 4 nitrogen and oxygen atoms in total. The Hall–Kier alpha value is -2.30. The zero-order valence-corrected chi connectivity index (χ0v) is 16.1. The molecule has 0 spiro atoms. The molecule has 2 aromatic rings. The third kappa shape index (κ3) is 3.35. The number of nitrogens with zero attached hydrogens (tertiary/aromatic N) is 2. The molecule has 0 aromatic heterocycles. The minimum Gasteiger partial charge on any atom is -0.366 e. The molecule has 2 aliphatic rings. The second kappa shape index (κ2) is 7.37. The van der Waals surface area contributed by atoms with E-state index in [0.29, 0.717) is 26.9 Å². The molecule has 0 radical (unpaired) electrons. The fourth-order valence-corrected chi connectivity index (χ4v) is 3.94. The van der Waals surface area contributed by atoms with E-state index in [1.165, 1.54) is 4.90 Å². The van der Waals surface area contributed by atoms with E-state index in [4.69, 9.17) is 23.2 Å².